The van der Waals surface area contributed by atoms with Crippen LogP contribution in [0.1, 0.15) is 23.1 Å². The molecule has 136 valence electrons. The van der Waals surface area contributed by atoms with Crippen LogP contribution in [0.5, 0.6) is 0 Å². The van der Waals surface area contributed by atoms with Crippen molar-refractivity contribution in [2.24, 2.45) is 0 Å². The topological polar surface area (TPSA) is 30.3 Å². The van der Waals surface area contributed by atoms with E-state index < -0.39 is 11.9 Å². The highest BCUT2D eigenvalue weighted by molar-refractivity contribution is 7.14. The number of thiophene rings is 1. The summed E-state index contributed by atoms with van der Waals surface area (Å²) in [4.78, 5) is 4.52. The molecule has 1 aromatic heterocycles. The summed E-state index contributed by atoms with van der Waals surface area (Å²) < 4.78 is 39.5. The average Bonchev–Trinajstić information content (AvgIpc) is 3.00. The van der Waals surface area contributed by atoms with Crippen LogP contribution in [-0.2, 0) is 0 Å². The molecular weight excluding hydrogens is 347 g/mol. The molecule has 0 spiro atoms. The number of nitriles is 1. The third-order valence-corrected chi connectivity index (χ3v) is 4.75. The van der Waals surface area contributed by atoms with Gasteiger partial charge in [-0.15, -0.1) is 11.3 Å². The van der Waals surface area contributed by atoms with Gasteiger partial charge < -0.3 is 9.80 Å². The van der Waals surface area contributed by atoms with E-state index in [4.69, 9.17) is 5.26 Å². The van der Waals surface area contributed by atoms with Crippen LogP contribution in [-0.4, -0.2) is 43.7 Å². The third-order valence-electron chi connectivity index (χ3n) is 3.57. The van der Waals surface area contributed by atoms with E-state index in [0.29, 0.717) is 18.5 Å². The molecule has 1 aromatic rings. The molecule has 1 rings (SSSR count). The molecule has 0 saturated carbocycles. The fraction of sp³-hybridized carbons (Fsp3) is 0.389. The molecule has 0 atom stereocenters. The average molecular weight is 369 g/mol. The van der Waals surface area contributed by atoms with Crippen molar-refractivity contribution in [2.45, 2.75) is 19.5 Å². The predicted molar refractivity (Wildman–Crippen MR) is 97.7 cm³/mol. The number of alkyl halides is 3. The van der Waals surface area contributed by atoms with Crippen molar-refractivity contribution in [2.75, 3.05) is 27.7 Å². The summed E-state index contributed by atoms with van der Waals surface area (Å²) in [6.45, 7) is 6.27. The van der Waals surface area contributed by atoms with E-state index in [-0.39, 0.29) is 0 Å². The van der Waals surface area contributed by atoms with Crippen LogP contribution < -0.4 is 0 Å². The Morgan fingerprint density at radius 2 is 1.88 bits per heavy atom. The van der Waals surface area contributed by atoms with Crippen molar-refractivity contribution < 1.29 is 13.2 Å². The van der Waals surface area contributed by atoms with Crippen LogP contribution in [0, 0.1) is 11.3 Å². The highest BCUT2D eigenvalue weighted by Gasteiger charge is 2.35. The van der Waals surface area contributed by atoms with Crippen LogP contribution in [0.2, 0.25) is 0 Å². The normalized spacial score (nSPS) is 12.7. The van der Waals surface area contributed by atoms with Gasteiger partial charge in [0.2, 0.25) is 0 Å². The third kappa shape index (κ3) is 5.68. The maximum Gasteiger partial charge on any atom is 0.431 e. The van der Waals surface area contributed by atoms with Gasteiger partial charge in [-0.1, -0.05) is 12.7 Å². The van der Waals surface area contributed by atoms with Crippen LogP contribution in [0.4, 0.5) is 13.2 Å². The minimum atomic E-state index is -4.42. The zero-order valence-electron chi connectivity index (χ0n) is 14.8. The number of rotatable bonds is 7. The quantitative estimate of drug-likeness (QED) is 0.635. The largest absolute Gasteiger partial charge is 0.431 e. The van der Waals surface area contributed by atoms with Gasteiger partial charge in [-0.3, -0.25) is 0 Å². The van der Waals surface area contributed by atoms with Crippen molar-refractivity contribution in [3.63, 3.8) is 0 Å². The molecule has 0 aliphatic carbocycles. The molecule has 25 heavy (non-hydrogen) atoms. The van der Waals surface area contributed by atoms with E-state index in [0.717, 1.165) is 26.4 Å². The highest BCUT2D eigenvalue weighted by Crippen LogP contribution is 2.34. The molecule has 7 heteroatoms. The lowest BCUT2D eigenvalue weighted by molar-refractivity contribution is -0.107. The van der Waals surface area contributed by atoms with Gasteiger partial charge in [0, 0.05) is 38.3 Å². The first kappa shape index (κ1) is 20.8. The molecule has 0 saturated heterocycles. The standard InChI is InChI=1S/C18H22F3N3S/c1-6-14(12-17(23(3)4)18(19,20)21)16-9-8-15(25-16)13(2)24(5)11-7-10-22/h6,8-9,12H,2,7,11H2,1,3-5H3/b14-6-,17-12-. The SMILES string of the molecule is C=C(c1ccc(C(=C\C)/C=C(\N(C)C)C(F)(F)F)s1)N(C)CCC#N. The molecule has 0 aliphatic heterocycles. The van der Waals surface area contributed by atoms with Crippen LogP contribution in [0.15, 0.2) is 36.6 Å². The Hall–Kier alpha value is -2.20. The van der Waals surface area contributed by atoms with Crippen molar-refractivity contribution in [3.05, 3.63) is 46.3 Å². The van der Waals surface area contributed by atoms with Crippen molar-refractivity contribution in [3.8, 4) is 6.07 Å². The Kier molecular flexibility index (Phi) is 7.31. The fourth-order valence-electron chi connectivity index (χ4n) is 2.10. The second-order valence-corrected chi connectivity index (χ2v) is 6.69. The summed E-state index contributed by atoms with van der Waals surface area (Å²) in [5.41, 5.74) is 0.542. The second-order valence-electron chi connectivity index (χ2n) is 5.61. The smallest absolute Gasteiger partial charge is 0.374 e. The number of allylic oxidation sites excluding steroid dienone is 4. The van der Waals surface area contributed by atoms with Crippen molar-refractivity contribution >= 4 is 22.6 Å². The Balaban J connectivity index is 3.10. The van der Waals surface area contributed by atoms with Crippen LogP contribution >= 0.6 is 11.3 Å². The summed E-state index contributed by atoms with van der Waals surface area (Å²) in [7, 11) is 4.58. The molecule has 0 unspecified atom stereocenters. The second kappa shape index (κ2) is 8.77. The lowest BCUT2D eigenvalue weighted by Crippen LogP contribution is -2.25. The van der Waals surface area contributed by atoms with Gasteiger partial charge in [-0.25, -0.2) is 0 Å². The monoisotopic (exact) mass is 369 g/mol. The summed E-state index contributed by atoms with van der Waals surface area (Å²) in [5, 5.41) is 8.66. The predicted octanol–water partition coefficient (Wildman–Crippen LogP) is 4.98. The molecular formula is C18H22F3N3S. The molecule has 0 N–H and O–H groups in total. The van der Waals surface area contributed by atoms with Gasteiger partial charge in [0.05, 0.1) is 17.4 Å². The molecule has 0 aromatic carbocycles. The van der Waals surface area contributed by atoms with Crippen LogP contribution in [0.25, 0.3) is 11.3 Å². The van der Waals surface area contributed by atoms with Crippen molar-refractivity contribution in [1.29, 1.82) is 5.26 Å². The zero-order chi connectivity index (χ0) is 19.2. The van der Waals surface area contributed by atoms with Gasteiger partial charge in [-0.05, 0) is 30.7 Å². The molecule has 0 bridgehead atoms. The Morgan fingerprint density at radius 3 is 2.36 bits per heavy atom. The molecule has 0 aliphatic rings. The maximum atomic E-state index is 13.2. The summed E-state index contributed by atoms with van der Waals surface area (Å²) >= 11 is 1.38. The van der Waals surface area contributed by atoms with Gasteiger partial charge in [-0.2, -0.15) is 18.4 Å². The number of hydrogen-bond donors (Lipinski definition) is 0. The molecule has 0 radical (unpaired) electrons. The fourth-order valence-corrected chi connectivity index (χ4v) is 3.17. The van der Waals surface area contributed by atoms with Gasteiger partial charge in [0.15, 0.2) is 0 Å². The molecule has 0 amide bonds. The molecule has 3 nitrogen and oxygen atoms in total. The van der Waals surface area contributed by atoms with Gasteiger partial charge in [0.25, 0.3) is 0 Å². The van der Waals surface area contributed by atoms with E-state index in [1.54, 1.807) is 19.1 Å². The summed E-state index contributed by atoms with van der Waals surface area (Å²) in [5.74, 6) is 0. The van der Waals surface area contributed by atoms with E-state index >= 15 is 0 Å². The first-order valence-electron chi connectivity index (χ1n) is 7.62. The zero-order valence-corrected chi connectivity index (χ0v) is 15.6. The van der Waals surface area contributed by atoms with E-state index in [2.05, 4.69) is 12.6 Å². The first-order chi connectivity index (χ1) is 11.6. The number of nitrogens with zero attached hydrogens (tertiary/aromatic N) is 3. The Bertz CT molecular complexity index is 706. The van der Waals surface area contributed by atoms with Crippen molar-refractivity contribution in [1.82, 2.24) is 9.80 Å². The maximum absolute atomic E-state index is 13.2. The number of hydrogen-bond acceptors (Lipinski definition) is 4. The lowest BCUT2D eigenvalue weighted by atomic mass is 10.1. The minimum absolute atomic E-state index is 0.383. The lowest BCUT2D eigenvalue weighted by Gasteiger charge is -2.20. The molecule has 0 fully saturated rings. The summed E-state index contributed by atoms with van der Waals surface area (Å²) in [6.07, 6.45) is -1.22. The first-order valence-corrected chi connectivity index (χ1v) is 8.43. The van der Waals surface area contributed by atoms with E-state index in [1.807, 2.05) is 18.0 Å². The van der Waals surface area contributed by atoms with Crippen LogP contribution in [0.3, 0.4) is 0 Å². The van der Waals surface area contributed by atoms with E-state index in [9.17, 15) is 13.2 Å². The Morgan fingerprint density at radius 1 is 1.28 bits per heavy atom. The van der Waals surface area contributed by atoms with Gasteiger partial charge >= 0.3 is 6.18 Å². The minimum Gasteiger partial charge on any atom is -0.374 e. The molecule has 1 heterocycles. The van der Waals surface area contributed by atoms with E-state index in [1.165, 1.54) is 25.4 Å². The highest BCUT2D eigenvalue weighted by atomic mass is 32.1. The Labute approximate surface area is 151 Å². The summed E-state index contributed by atoms with van der Waals surface area (Å²) in [6, 6.07) is 5.71. The number of halogens is 3. The van der Waals surface area contributed by atoms with Gasteiger partial charge in [0.1, 0.15) is 5.70 Å².